The van der Waals surface area contributed by atoms with Gasteiger partial charge in [-0.15, -0.1) is 11.3 Å². The zero-order valence-electron chi connectivity index (χ0n) is 14.0. The molecule has 128 valence electrons. The molecule has 24 heavy (non-hydrogen) atoms. The van der Waals surface area contributed by atoms with Crippen LogP contribution in [0.4, 0.5) is 0 Å². The van der Waals surface area contributed by atoms with Crippen molar-refractivity contribution >= 4 is 23.2 Å². The van der Waals surface area contributed by atoms with Gasteiger partial charge in [-0.3, -0.25) is 9.59 Å². The number of amides is 2. The number of hydrogen-bond donors (Lipinski definition) is 2. The van der Waals surface area contributed by atoms with Crippen molar-refractivity contribution in [2.45, 2.75) is 26.4 Å². The van der Waals surface area contributed by atoms with Gasteiger partial charge in [-0.2, -0.15) is 0 Å². The zero-order chi connectivity index (χ0) is 17.5. The number of carbonyl (C=O) groups excluding carboxylic acids is 2. The van der Waals surface area contributed by atoms with E-state index in [-0.39, 0.29) is 17.7 Å². The number of thiophene rings is 1. The van der Waals surface area contributed by atoms with Gasteiger partial charge in [0.1, 0.15) is 11.8 Å². The van der Waals surface area contributed by atoms with Crippen molar-refractivity contribution in [3.8, 4) is 5.75 Å². The van der Waals surface area contributed by atoms with E-state index in [2.05, 4.69) is 10.6 Å². The predicted octanol–water partition coefficient (Wildman–Crippen LogP) is 2.83. The lowest BCUT2D eigenvalue weighted by Crippen LogP contribution is -2.49. The molecule has 1 aromatic heterocycles. The number of carbonyl (C=O) groups is 2. The largest absolute Gasteiger partial charge is 0.497 e. The highest BCUT2D eigenvalue weighted by Crippen LogP contribution is 2.12. The fraction of sp³-hybridized carbons (Fsp3) is 0.333. The van der Waals surface area contributed by atoms with Crippen LogP contribution in [0.5, 0.6) is 5.75 Å². The Morgan fingerprint density at radius 1 is 1.17 bits per heavy atom. The maximum absolute atomic E-state index is 12.4. The van der Waals surface area contributed by atoms with Crippen molar-refractivity contribution in [1.29, 1.82) is 0 Å². The van der Waals surface area contributed by atoms with Gasteiger partial charge in [-0.1, -0.05) is 32.0 Å². The Labute approximate surface area is 146 Å². The number of ether oxygens (including phenoxy) is 1. The van der Waals surface area contributed by atoms with Crippen LogP contribution in [0.25, 0.3) is 0 Å². The van der Waals surface area contributed by atoms with Crippen LogP contribution in [0.1, 0.15) is 29.1 Å². The van der Waals surface area contributed by atoms with Gasteiger partial charge in [0.05, 0.1) is 12.0 Å². The Balaban J connectivity index is 1.94. The average molecular weight is 346 g/mol. The lowest BCUT2D eigenvalue weighted by Gasteiger charge is -2.21. The molecule has 2 aromatic rings. The Morgan fingerprint density at radius 2 is 1.88 bits per heavy atom. The maximum Gasteiger partial charge on any atom is 0.262 e. The van der Waals surface area contributed by atoms with Gasteiger partial charge in [-0.25, -0.2) is 0 Å². The fourth-order valence-electron chi connectivity index (χ4n) is 2.20. The Bertz CT molecular complexity index is 666. The monoisotopic (exact) mass is 346 g/mol. The van der Waals surface area contributed by atoms with Crippen molar-refractivity contribution in [3.63, 3.8) is 0 Å². The van der Waals surface area contributed by atoms with Gasteiger partial charge in [0.15, 0.2) is 0 Å². The molecule has 0 aliphatic rings. The molecule has 2 amide bonds. The normalized spacial score (nSPS) is 11.8. The molecule has 0 spiro atoms. The quantitative estimate of drug-likeness (QED) is 0.810. The molecule has 0 fully saturated rings. The Morgan fingerprint density at radius 3 is 2.42 bits per heavy atom. The topological polar surface area (TPSA) is 67.4 Å². The van der Waals surface area contributed by atoms with Crippen molar-refractivity contribution < 1.29 is 14.3 Å². The molecule has 1 aromatic carbocycles. The molecule has 1 heterocycles. The predicted molar refractivity (Wildman–Crippen MR) is 95.3 cm³/mol. The molecular weight excluding hydrogens is 324 g/mol. The van der Waals surface area contributed by atoms with Crippen LogP contribution in [-0.4, -0.2) is 25.0 Å². The van der Waals surface area contributed by atoms with Crippen LogP contribution in [0.3, 0.4) is 0 Å². The molecule has 2 rings (SSSR count). The van der Waals surface area contributed by atoms with E-state index >= 15 is 0 Å². The van der Waals surface area contributed by atoms with Crippen LogP contribution in [-0.2, 0) is 11.3 Å². The first-order chi connectivity index (χ1) is 11.5. The number of hydrogen-bond acceptors (Lipinski definition) is 4. The summed E-state index contributed by atoms with van der Waals surface area (Å²) in [5.41, 5.74) is 0.969. The highest BCUT2D eigenvalue weighted by atomic mass is 32.1. The van der Waals surface area contributed by atoms with E-state index in [0.29, 0.717) is 11.4 Å². The SMILES string of the molecule is COc1ccc(CNC(=O)[C@@H](NC(=O)c2cccs2)C(C)C)cc1. The van der Waals surface area contributed by atoms with Gasteiger partial charge < -0.3 is 15.4 Å². The van der Waals surface area contributed by atoms with Gasteiger partial charge in [0.2, 0.25) is 5.91 Å². The second kappa shape index (κ2) is 8.49. The molecule has 0 aliphatic carbocycles. The summed E-state index contributed by atoms with van der Waals surface area (Å²) in [5.74, 6) is 0.354. The molecule has 0 bridgehead atoms. The van der Waals surface area contributed by atoms with Crippen molar-refractivity contribution in [1.82, 2.24) is 10.6 Å². The van der Waals surface area contributed by atoms with E-state index in [1.807, 2.05) is 49.6 Å². The van der Waals surface area contributed by atoms with E-state index in [4.69, 9.17) is 4.74 Å². The summed E-state index contributed by atoms with van der Waals surface area (Å²) in [4.78, 5) is 25.2. The van der Waals surface area contributed by atoms with Gasteiger partial charge in [0, 0.05) is 6.54 Å². The van der Waals surface area contributed by atoms with Gasteiger partial charge in [-0.05, 0) is 35.1 Å². The van der Waals surface area contributed by atoms with E-state index in [1.165, 1.54) is 11.3 Å². The summed E-state index contributed by atoms with van der Waals surface area (Å²) < 4.78 is 5.11. The molecule has 2 N–H and O–H groups in total. The third-order valence-corrected chi connectivity index (χ3v) is 4.48. The molecule has 0 saturated heterocycles. The van der Waals surface area contributed by atoms with Crippen molar-refractivity contribution in [2.24, 2.45) is 5.92 Å². The Hall–Kier alpha value is -2.34. The molecule has 0 saturated carbocycles. The van der Waals surface area contributed by atoms with Crippen LogP contribution in [0, 0.1) is 5.92 Å². The maximum atomic E-state index is 12.4. The van der Waals surface area contributed by atoms with E-state index < -0.39 is 6.04 Å². The second-order valence-corrected chi connectivity index (χ2v) is 6.69. The summed E-state index contributed by atoms with van der Waals surface area (Å²) in [6.45, 7) is 4.22. The first-order valence-electron chi connectivity index (χ1n) is 7.76. The summed E-state index contributed by atoms with van der Waals surface area (Å²) in [6.07, 6.45) is 0. The number of methoxy groups -OCH3 is 1. The lowest BCUT2D eigenvalue weighted by molar-refractivity contribution is -0.124. The standard InChI is InChI=1S/C18H22N2O3S/c1-12(2)16(20-17(21)15-5-4-10-24-15)18(22)19-11-13-6-8-14(23-3)9-7-13/h4-10,12,16H,11H2,1-3H3,(H,19,22)(H,20,21)/t16-/m0/s1. The zero-order valence-corrected chi connectivity index (χ0v) is 14.9. The highest BCUT2D eigenvalue weighted by Gasteiger charge is 2.24. The summed E-state index contributed by atoms with van der Waals surface area (Å²) in [6, 6.07) is 10.5. The van der Waals surface area contributed by atoms with Gasteiger partial charge in [0.25, 0.3) is 5.91 Å². The molecule has 0 unspecified atom stereocenters. The number of benzene rings is 1. The lowest BCUT2D eigenvalue weighted by atomic mass is 10.0. The van der Waals surface area contributed by atoms with Crippen LogP contribution < -0.4 is 15.4 Å². The summed E-state index contributed by atoms with van der Waals surface area (Å²) >= 11 is 1.35. The fourth-order valence-corrected chi connectivity index (χ4v) is 2.82. The minimum absolute atomic E-state index is 0.00946. The average Bonchev–Trinajstić information content (AvgIpc) is 3.12. The van der Waals surface area contributed by atoms with E-state index in [9.17, 15) is 9.59 Å². The van der Waals surface area contributed by atoms with Crippen molar-refractivity contribution in [2.75, 3.05) is 7.11 Å². The number of nitrogens with one attached hydrogen (secondary N) is 2. The summed E-state index contributed by atoms with van der Waals surface area (Å²) in [5, 5.41) is 7.53. The van der Waals surface area contributed by atoms with E-state index in [1.54, 1.807) is 13.2 Å². The molecule has 5 nitrogen and oxygen atoms in total. The molecule has 0 aliphatic heterocycles. The molecule has 0 radical (unpaired) electrons. The third kappa shape index (κ3) is 4.83. The minimum atomic E-state index is -0.571. The minimum Gasteiger partial charge on any atom is -0.497 e. The third-order valence-electron chi connectivity index (χ3n) is 3.61. The Kier molecular flexibility index (Phi) is 6.37. The summed E-state index contributed by atoms with van der Waals surface area (Å²) in [7, 11) is 1.61. The molecule has 6 heteroatoms. The van der Waals surface area contributed by atoms with Crippen LogP contribution in [0.2, 0.25) is 0 Å². The van der Waals surface area contributed by atoms with Crippen LogP contribution >= 0.6 is 11.3 Å². The second-order valence-electron chi connectivity index (χ2n) is 5.74. The number of rotatable bonds is 7. The van der Waals surface area contributed by atoms with Crippen LogP contribution in [0.15, 0.2) is 41.8 Å². The molecular formula is C18H22N2O3S. The van der Waals surface area contributed by atoms with E-state index in [0.717, 1.165) is 11.3 Å². The van der Waals surface area contributed by atoms with Gasteiger partial charge >= 0.3 is 0 Å². The smallest absolute Gasteiger partial charge is 0.262 e. The first-order valence-corrected chi connectivity index (χ1v) is 8.64. The van der Waals surface area contributed by atoms with Crippen molar-refractivity contribution in [3.05, 3.63) is 52.2 Å². The first kappa shape index (κ1) is 18.0. The molecule has 1 atom stereocenters. The highest BCUT2D eigenvalue weighted by molar-refractivity contribution is 7.12.